The van der Waals surface area contributed by atoms with Crippen LogP contribution in [0.1, 0.15) is 6.42 Å². The summed E-state index contributed by atoms with van der Waals surface area (Å²) in [6.45, 7) is 0. The molecule has 0 aromatic carbocycles. The van der Waals surface area contributed by atoms with Crippen molar-refractivity contribution in [3.63, 3.8) is 0 Å². The van der Waals surface area contributed by atoms with Gasteiger partial charge in [-0.1, -0.05) is 6.08 Å². The van der Waals surface area contributed by atoms with Gasteiger partial charge >= 0.3 is 5.97 Å². The van der Waals surface area contributed by atoms with E-state index in [4.69, 9.17) is 0 Å². The monoisotopic (exact) mass is 181 g/mol. The Morgan fingerprint density at radius 2 is 2.46 bits per heavy atom. The maximum Gasteiger partial charge on any atom is 0.310 e. The zero-order chi connectivity index (χ0) is 9.42. The zero-order valence-corrected chi connectivity index (χ0v) is 7.32. The fourth-order valence-corrected chi connectivity index (χ4v) is 1.91. The van der Waals surface area contributed by atoms with Crippen LogP contribution in [-0.4, -0.2) is 30.9 Å². The number of hydrogen-bond acceptors (Lipinski definition) is 4. The zero-order valence-electron chi connectivity index (χ0n) is 7.32. The van der Waals surface area contributed by atoms with E-state index >= 15 is 0 Å². The van der Waals surface area contributed by atoms with Gasteiger partial charge in [0, 0.05) is 6.04 Å². The number of rotatable bonds is 1. The van der Waals surface area contributed by atoms with Gasteiger partial charge in [-0.3, -0.25) is 14.9 Å². The summed E-state index contributed by atoms with van der Waals surface area (Å²) in [5.41, 5.74) is 0. The molecule has 1 saturated heterocycles. The third kappa shape index (κ3) is 1.27. The number of ether oxygens (including phenoxy) is 1. The summed E-state index contributed by atoms with van der Waals surface area (Å²) in [6.07, 6.45) is 3.85. The Bertz CT molecular complexity index is 285. The first-order valence-electron chi connectivity index (χ1n) is 4.28. The Kier molecular flexibility index (Phi) is 1.92. The second-order valence-corrected chi connectivity index (χ2v) is 3.37. The lowest BCUT2D eigenvalue weighted by atomic mass is 10.0. The Labute approximate surface area is 75.9 Å². The molecule has 2 bridgehead atoms. The summed E-state index contributed by atoms with van der Waals surface area (Å²) in [5.74, 6) is -0.375. The van der Waals surface area contributed by atoms with E-state index in [1.165, 1.54) is 7.11 Å². The molecule has 2 heterocycles. The summed E-state index contributed by atoms with van der Waals surface area (Å²) >= 11 is 0. The van der Waals surface area contributed by atoms with Gasteiger partial charge in [0.25, 0.3) is 0 Å². The standard InChI is InChI=1S/C9H11NO3/c1-13-9(12)5-4-7-8(11)3-2-6(5)10-7/h2-3,5-7,10H,4H2,1H3/t5-,6+,7+/m1/s1. The molecule has 0 amide bonds. The van der Waals surface area contributed by atoms with Gasteiger partial charge in [-0.25, -0.2) is 0 Å². The first-order valence-corrected chi connectivity index (χ1v) is 4.28. The molecule has 0 aliphatic carbocycles. The van der Waals surface area contributed by atoms with Crippen LogP contribution < -0.4 is 5.32 Å². The van der Waals surface area contributed by atoms with E-state index in [1.807, 2.05) is 0 Å². The van der Waals surface area contributed by atoms with E-state index in [0.29, 0.717) is 6.42 Å². The molecule has 70 valence electrons. The average molecular weight is 181 g/mol. The van der Waals surface area contributed by atoms with Gasteiger partial charge in [-0.2, -0.15) is 0 Å². The van der Waals surface area contributed by atoms with Crippen molar-refractivity contribution in [1.29, 1.82) is 0 Å². The molecule has 4 heteroatoms. The van der Waals surface area contributed by atoms with Gasteiger partial charge in [0.15, 0.2) is 5.78 Å². The molecule has 0 saturated carbocycles. The predicted molar refractivity (Wildman–Crippen MR) is 45.0 cm³/mol. The van der Waals surface area contributed by atoms with Crippen LogP contribution >= 0.6 is 0 Å². The van der Waals surface area contributed by atoms with Crippen molar-refractivity contribution in [2.24, 2.45) is 5.92 Å². The predicted octanol–water partition coefficient (Wildman–Crippen LogP) is -0.355. The van der Waals surface area contributed by atoms with Crippen molar-refractivity contribution < 1.29 is 14.3 Å². The first kappa shape index (κ1) is 8.44. The fraction of sp³-hybridized carbons (Fsp3) is 0.556. The Balaban J connectivity index is 2.17. The lowest BCUT2D eigenvalue weighted by Crippen LogP contribution is -2.38. The molecule has 0 unspecified atom stereocenters. The van der Waals surface area contributed by atoms with E-state index < -0.39 is 0 Å². The third-order valence-electron chi connectivity index (χ3n) is 2.63. The number of hydrogen-bond donors (Lipinski definition) is 1. The molecule has 13 heavy (non-hydrogen) atoms. The highest BCUT2D eigenvalue weighted by Gasteiger charge is 2.42. The molecule has 3 atom stereocenters. The van der Waals surface area contributed by atoms with E-state index in [1.54, 1.807) is 12.2 Å². The van der Waals surface area contributed by atoms with E-state index in [-0.39, 0.29) is 29.8 Å². The Morgan fingerprint density at radius 3 is 3.08 bits per heavy atom. The smallest absolute Gasteiger partial charge is 0.310 e. The van der Waals surface area contributed by atoms with Gasteiger partial charge in [0.05, 0.1) is 19.1 Å². The van der Waals surface area contributed by atoms with Gasteiger partial charge in [-0.05, 0) is 12.5 Å². The van der Waals surface area contributed by atoms with Crippen molar-refractivity contribution >= 4 is 11.8 Å². The van der Waals surface area contributed by atoms with Crippen molar-refractivity contribution in [3.05, 3.63) is 12.2 Å². The number of nitrogens with one attached hydrogen (secondary N) is 1. The molecule has 2 aliphatic heterocycles. The Hall–Kier alpha value is -1.16. The minimum Gasteiger partial charge on any atom is -0.469 e. The molecule has 0 radical (unpaired) electrons. The molecule has 2 aliphatic rings. The van der Waals surface area contributed by atoms with Crippen LogP contribution in [0.25, 0.3) is 0 Å². The van der Waals surface area contributed by atoms with Crippen molar-refractivity contribution in [1.82, 2.24) is 5.32 Å². The highest BCUT2D eigenvalue weighted by Crippen LogP contribution is 2.26. The minimum atomic E-state index is -0.237. The van der Waals surface area contributed by atoms with Gasteiger partial charge in [0.1, 0.15) is 0 Å². The Morgan fingerprint density at radius 1 is 1.69 bits per heavy atom. The molecule has 1 N–H and O–H groups in total. The molecular weight excluding hydrogens is 170 g/mol. The maximum absolute atomic E-state index is 11.3. The van der Waals surface area contributed by atoms with Crippen LogP contribution in [0, 0.1) is 5.92 Å². The van der Waals surface area contributed by atoms with E-state index in [9.17, 15) is 9.59 Å². The molecule has 4 nitrogen and oxygen atoms in total. The highest BCUT2D eigenvalue weighted by molar-refractivity contribution is 5.97. The lowest BCUT2D eigenvalue weighted by molar-refractivity contribution is -0.145. The molecule has 2 rings (SSSR count). The summed E-state index contributed by atoms with van der Waals surface area (Å²) in [6, 6.07) is -0.200. The van der Waals surface area contributed by atoms with Crippen molar-refractivity contribution in [3.8, 4) is 0 Å². The third-order valence-corrected chi connectivity index (χ3v) is 2.63. The highest BCUT2D eigenvalue weighted by atomic mass is 16.5. The van der Waals surface area contributed by atoms with E-state index in [0.717, 1.165) is 0 Å². The van der Waals surface area contributed by atoms with Gasteiger partial charge in [-0.15, -0.1) is 0 Å². The fourth-order valence-electron chi connectivity index (χ4n) is 1.91. The van der Waals surface area contributed by atoms with Gasteiger partial charge < -0.3 is 4.74 Å². The summed E-state index contributed by atoms with van der Waals surface area (Å²) in [5, 5.41) is 3.07. The lowest BCUT2D eigenvalue weighted by Gasteiger charge is -2.15. The average Bonchev–Trinajstić information content (AvgIpc) is 2.50. The quantitative estimate of drug-likeness (QED) is 0.561. The van der Waals surface area contributed by atoms with Gasteiger partial charge in [0.2, 0.25) is 0 Å². The minimum absolute atomic E-state index is 0.0184. The second kappa shape index (κ2) is 2.96. The SMILES string of the molecule is COC(=O)[C@@H]1C[C@@H]2N[C@H]1C=CC2=O. The normalized spacial score (nSPS) is 36.4. The van der Waals surface area contributed by atoms with Crippen LogP contribution in [-0.2, 0) is 14.3 Å². The maximum atomic E-state index is 11.3. The second-order valence-electron chi connectivity index (χ2n) is 3.37. The number of methoxy groups -OCH3 is 1. The van der Waals surface area contributed by atoms with Crippen LogP contribution in [0.3, 0.4) is 0 Å². The summed E-state index contributed by atoms with van der Waals surface area (Å²) < 4.78 is 4.65. The van der Waals surface area contributed by atoms with Crippen molar-refractivity contribution in [2.45, 2.75) is 18.5 Å². The number of esters is 1. The number of carbonyl (C=O) groups is 2. The van der Waals surface area contributed by atoms with E-state index in [2.05, 4.69) is 10.1 Å². The molecule has 1 fully saturated rings. The van der Waals surface area contributed by atoms with Crippen LogP contribution in [0.5, 0.6) is 0 Å². The summed E-state index contributed by atoms with van der Waals surface area (Å²) in [4.78, 5) is 22.5. The van der Waals surface area contributed by atoms with Crippen molar-refractivity contribution in [2.75, 3.05) is 7.11 Å². The largest absolute Gasteiger partial charge is 0.469 e. The van der Waals surface area contributed by atoms with Crippen LogP contribution in [0.15, 0.2) is 12.2 Å². The topological polar surface area (TPSA) is 55.4 Å². The number of fused-ring (bicyclic) bond motifs is 2. The molecule has 0 aromatic heterocycles. The molecule has 0 aromatic rings. The first-order chi connectivity index (χ1) is 6.22. The molecular formula is C9H11NO3. The summed E-state index contributed by atoms with van der Waals surface area (Å²) in [7, 11) is 1.37. The van der Waals surface area contributed by atoms with Crippen LogP contribution in [0.2, 0.25) is 0 Å². The van der Waals surface area contributed by atoms with Crippen LogP contribution in [0.4, 0.5) is 0 Å². The number of ketones is 1. The molecule has 0 spiro atoms. The number of carbonyl (C=O) groups excluding carboxylic acids is 2.